The molecule has 0 spiro atoms. The van der Waals surface area contributed by atoms with E-state index >= 15 is 0 Å². The maximum Gasteiger partial charge on any atom is 0.254 e. The van der Waals surface area contributed by atoms with Crippen LogP contribution >= 0.6 is 11.3 Å². The largest absolute Gasteiger partial charge is 0.454 e. The summed E-state index contributed by atoms with van der Waals surface area (Å²) in [6.45, 7) is 1.96. The Morgan fingerprint density at radius 1 is 1.08 bits per heavy atom. The number of thiophene rings is 1. The van der Waals surface area contributed by atoms with Gasteiger partial charge in [0.25, 0.3) is 5.91 Å². The summed E-state index contributed by atoms with van der Waals surface area (Å²) >= 11 is 1.65. The molecule has 3 heterocycles. The zero-order valence-corrected chi connectivity index (χ0v) is 20.3. The number of dihydropyridines is 1. The Hall–Kier alpha value is -3.91. The predicted molar refractivity (Wildman–Crippen MR) is 134 cm³/mol. The zero-order chi connectivity index (χ0) is 24.8. The van der Waals surface area contributed by atoms with E-state index in [9.17, 15) is 14.0 Å². The molecule has 1 aliphatic carbocycles. The molecule has 3 aromatic rings. The van der Waals surface area contributed by atoms with Gasteiger partial charge in [-0.25, -0.2) is 4.39 Å². The second-order valence-corrected chi connectivity index (χ2v) is 10.1. The van der Waals surface area contributed by atoms with Crippen molar-refractivity contribution < 1.29 is 23.5 Å². The van der Waals surface area contributed by atoms with Crippen LogP contribution in [0.4, 0.5) is 10.1 Å². The number of ketones is 1. The Bertz CT molecular complexity index is 1440. The van der Waals surface area contributed by atoms with Crippen LogP contribution in [0.15, 0.2) is 82.5 Å². The lowest BCUT2D eigenvalue weighted by molar-refractivity contribution is -0.116. The highest BCUT2D eigenvalue weighted by Gasteiger charge is 2.41. The molecule has 0 bridgehead atoms. The molecule has 0 saturated carbocycles. The number of hydrogen-bond donors (Lipinski definition) is 2. The lowest BCUT2D eigenvalue weighted by Crippen LogP contribution is -2.37. The van der Waals surface area contributed by atoms with E-state index in [1.165, 1.54) is 23.1 Å². The molecule has 8 heteroatoms. The molecule has 1 aromatic heterocycles. The van der Waals surface area contributed by atoms with E-state index < -0.39 is 17.6 Å². The van der Waals surface area contributed by atoms with Crippen molar-refractivity contribution in [3.05, 3.63) is 98.8 Å². The van der Waals surface area contributed by atoms with Gasteiger partial charge in [-0.2, -0.15) is 0 Å². The monoisotopic (exact) mass is 502 g/mol. The fourth-order valence-electron chi connectivity index (χ4n) is 5.26. The molecule has 36 heavy (non-hydrogen) atoms. The number of benzene rings is 2. The van der Waals surface area contributed by atoms with Crippen LogP contribution in [0.3, 0.4) is 0 Å². The van der Waals surface area contributed by atoms with Gasteiger partial charge < -0.3 is 20.1 Å². The van der Waals surface area contributed by atoms with Gasteiger partial charge in [-0.15, -0.1) is 11.3 Å². The van der Waals surface area contributed by atoms with E-state index in [1.807, 2.05) is 30.5 Å². The molecule has 2 N–H and O–H groups in total. The van der Waals surface area contributed by atoms with Crippen molar-refractivity contribution in [1.82, 2.24) is 5.32 Å². The van der Waals surface area contributed by atoms with Crippen molar-refractivity contribution in [2.75, 3.05) is 12.1 Å². The highest BCUT2D eigenvalue weighted by Crippen LogP contribution is 2.47. The molecule has 2 aliphatic heterocycles. The number of nitrogens with one attached hydrogen (secondary N) is 2. The number of hydrogen-bond acceptors (Lipinski definition) is 6. The van der Waals surface area contributed by atoms with Crippen molar-refractivity contribution in [1.29, 1.82) is 0 Å². The minimum Gasteiger partial charge on any atom is -0.454 e. The van der Waals surface area contributed by atoms with Crippen LogP contribution in [0, 0.1) is 5.82 Å². The number of carbonyl (C=O) groups excluding carboxylic acids is 2. The highest BCUT2D eigenvalue weighted by atomic mass is 32.1. The number of Topliss-reactive ketones (excluding diaryl/α,β-unsaturated/α-hetero) is 1. The number of ether oxygens (including phenoxy) is 2. The Kier molecular flexibility index (Phi) is 5.60. The molecule has 6 rings (SSSR count). The van der Waals surface area contributed by atoms with Gasteiger partial charge in [0.05, 0.1) is 0 Å². The zero-order valence-electron chi connectivity index (χ0n) is 19.5. The fourth-order valence-corrected chi connectivity index (χ4v) is 6.09. The third-order valence-corrected chi connectivity index (χ3v) is 7.87. The SMILES string of the molecule is CC1=C(C(=O)Nc2cccc(F)c2)[C@H](c2ccc3c(c2)OCO3)C2=C(C[C@H](c3cccs3)CC2=O)N1. The van der Waals surface area contributed by atoms with Gasteiger partial charge in [-0.1, -0.05) is 18.2 Å². The second kappa shape index (κ2) is 8.95. The van der Waals surface area contributed by atoms with Gasteiger partial charge in [-0.05, 0) is 60.7 Å². The van der Waals surface area contributed by atoms with Crippen LogP contribution in [0.2, 0.25) is 0 Å². The van der Waals surface area contributed by atoms with Crippen LogP contribution in [0.5, 0.6) is 11.5 Å². The minimum atomic E-state index is -0.596. The van der Waals surface area contributed by atoms with E-state index in [4.69, 9.17) is 9.47 Å². The van der Waals surface area contributed by atoms with Crippen LogP contribution in [-0.2, 0) is 9.59 Å². The summed E-state index contributed by atoms with van der Waals surface area (Å²) in [5.41, 5.74) is 3.62. The number of rotatable bonds is 4. The molecule has 6 nitrogen and oxygen atoms in total. The maximum absolute atomic E-state index is 13.8. The first-order chi connectivity index (χ1) is 17.5. The first kappa shape index (κ1) is 22.5. The minimum absolute atomic E-state index is 0.00775. The number of anilines is 1. The summed E-state index contributed by atoms with van der Waals surface area (Å²) in [6.07, 6.45) is 1.05. The average molecular weight is 503 g/mol. The highest BCUT2D eigenvalue weighted by molar-refractivity contribution is 7.10. The summed E-state index contributed by atoms with van der Waals surface area (Å²) < 4.78 is 24.8. The van der Waals surface area contributed by atoms with E-state index in [1.54, 1.807) is 23.5 Å². The number of fused-ring (bicyclic) bond motifs is 1. The van der Waals surface area contributed by atoms with E-state index in [0.717, 1.165) is 11.3 Å². The van der Waals surface area contributed by atoms with Crippen molar-refractivity contribution in [2.24, 2.45) is 0 Å². The molecule has 2 atom stereocenters. The number of amides is 1. The third-order valence-electron chi connectivity index (χ3n) is 6.83. The van der Waals surface area contributed by atoms with Gasteiger partial charge in [0.2, 0.25) is 6.79 Å². The van der Waals surface area contributed by atoms with Gasteiger partial charge in [0.15, 0.2) is 17.3 Å². The summed E-state index contributed by atoms with van der Waals surface area (Å²) in [5.74, 6) is -0.129. The molecular formula is C28H23FN2O4S. The molecule has 2 aromatic carbocycles. The quantitative estimate of drug-likeness (QED) is 0.485. The van der Waals surface area contributed by atoms with Crippen molar-refractivity contribution in [2.45, 2.75) is 31.6 Å². The van der Waals surface area contributed by atoms with Crippen LogP contribution in [0.1, 0.15) is 42.0 Å². The lowest BCUT2D eigenvalue weighted by Gasteiger charge is -2.36. The normalized spacial score (nSPS) is 20.8. The Morgan fingerprint density at radius 3 is 2.75 bits per heavy atom. The smallest absolute Gasteiger partial charge is 0.254 e. The van der Waals surface area contributed by atoms with Crippen molar-refractivity contribution in [3.8, 4) is 11.5 Å². The van der Waals surface area contributed by atoms with Crippen molar-refractivity contribution >= 4 is 28.7 Å². The standard InChI is InChI=1S/C28H23FN2O4S/c1-15-25(28(33)31-19-5-2-4-18(29)13-19)26(16-7-8-22-23(12-16)35-14-34-22)27-20(30-15)10-17(11-21(27)32)24-6-3-9-36-24/h2-9,12-13,17,26,30H,10-11,14H2,1H3,(H,31,33)/t17-,26-/m0/s1. The van der Waals surface area contributed by atoms with Crippen LogP contribution in [-0.4, -0.2) is 18.5 Å². The molecule has 182 valence electrons. The predicted octanol–water partition coefficient (Wildman–Crippen LogP) is 5.62. The van der Waals surface area contributed by atoms with E-state index in [-0.39, 0.29) is 18.5 Å². The van der Waals surface area contributed by atoms with Gasteiger partial charge in [0, 0.05) is 51.4 Å². The summed E-state index contributed by atoms with van der Waals surface area (Å²) in [4.78, 5) is 28.5. The van der Waals surface area contributed by atoms with E-state index in [0.29, 0.717) is 46.9 Å². The summed E-state index contributed by atoms with van der Waals surface area (Å²) in [6, 6.07) is 15.3. The topological polar surface area (TPSA) is 76.7 Å². The van der Waals surface area contributed by atoms with Gasteiger partial charge in [-0.3, -0.25) is 9.59 Å². The van der Waals surface area contributed by atoms with Gasteiger partial charge in [0.1, 0.15) is 5.82 Å². The summed E-state index contributed by atoms with van der Waals surface area (Å²) in [5, 5.41) is 8.21. The Balaban J connectivity index is 1.43. The van der Waals surface area contributed by atoms with Gasteiger partial charge >= 0.3 is 0 Å². The first-order valence-corrected chi connectivity index (χ1v) is 12.6. The first-order valence-electron chi connectivity index (χ1n) is 11.7. The number of halogens is 1. The van der Waals surface area contributed by atoms with E-state index in [2.05, 4.69) is 16.7 Å². The molecule has 0 radical (unpaired) electrons. The van der Waals surface area contributed by atoms with Crippen LogP contribution < -0.4 is 20.1 Å². The molecule has 1 amide bonds. The molecule has 3 aliphatic rings. The second-order valence-electron chi connectivity index (χ2n) is 9.11. The molecule has 0 saturated heterocycles. The number of allylic oxidation sites excluding steroid dienone is 3. The maximum atomic E-state index is 13.8. The molecule has 0 unspecified atom stereocenters. The summed E-state index contributed by atoms with van der Waals surface area (Å²) in [7, 11) is 0. The fraction of sp³-hybridized carbons (Fsp3) is 0.214. The molecule has 0 fully saturated rings. The Morgan fingerprint density at radius 2 is 1.94 bits per heavy atom. The Labute approximate surface area is 211 Å². The van der Waals surface area contributed by atoms with Crippen molar-refractivity contribution in [3.63, 3.8) is 0 Å². The third kappa shape index (κ3) is 3.97. The lowest BCUT2D eigenvalue weighted by atomic mass is 9.72. The van der Waals surface area contributed by atoms with Crippen LogP contribution in [0.25, 0.3) is 0 Å². The molecular weight excluding hydrogens is 479 g/mol. The number of carbonyl (C=O) groups is 2. The average Bonchev–Trinajstić information content (AvgIpc) is 3.55.